The lowest BCUT2D eigenvalue weighted by atomic mass is 9.82. The third-order valence-corrected chi connectivity index (χ3v) is 7.03. The van der Waals surface area contributed by atoms with Gasteiger partial charge in [0.05, 0.1) is 4.90 Å². The van der Waals surface area contributed by atoms with Crippen LogP contribution in [0.5, 0.6) is 0 Å². The molecule has 0 bridgehead atoms. The molecule has 0 radical (unpaired) electrons. The second kappa shape index (κ2) is 8.68. The number of benzene rings is 1. The van der Waals surface area contributed by atoms with Gasteiger partial charge in [0, 0.05) is 18.6 Å². The van der Waals surface area contributed by atoms with Gasteiger partial charge in [0.15, 0.2) is 0 Å². The first-order valence-electron chi connectivity index (χ1n) is 9.74. The number of carbonyl (C=O) groups excluding carboxylic acids is 1. The van der Waals surface area contributed by atoms with E-state index in [4.69, 9.17) is 0 Å². The van der Waals surface area contributed by atoms with Crippen molar-refractivity contribution >= 4 is 15.9 Å². The summed E-state index contributed by atoms with van der Waals surface area (Å²) in [5.41, 5.74) is 6.62. The van der Waals surface area contributed by atoms with E-state index in [1.807, 2.05) is 13.8 Å². The zero-order chi connectivity index (χ0) is 19.4. The van der Waals surface area contributed by atoms with Gasteiger partial charge >= 0.3 is 0 Å². The molecule has 1 amide bonds. The molecule has 1 aliphatic carbocycles. The molecule has 1 saturated carbocycles. The fraction of sp³-hybridized carbons (Fsp3) is 0.632. The van der Waals surface area contributed by atoms with Crippen LogP contribution in [0.4, 0.5) is 0 Å². The maximum absolute atomic E-state index is 12.7. The summed E-state index contributed by atoms with van der Waals surface area (Å²) in [4.78, 5) is 12.9. The molecule has 27 heavy (non-hydrogen) atoms. The molecule has 4 N–H and O–H groups in total. The van der Waals surface area contributed by atoms with Gasteiger partial charge in [0.2, 0.25) is 15.9 Å². The van der Waals surface area contributed by atoms with Crippen LogP contribution in [-0.2, 0) is 14.8 Å². The van der Waals surface area contributed by atoms with Crippen molar-refractivity contribution in [1.29, 1.82) is 0 Å². The highest BCUT2D eigenvalue weighted by Crippen LogP contribution is 2.29. The third kappa shape index (κ3) is 4.87. The lowest BCUT2D eigenvalue weighted by Gasteiger charge is -2.28. The number of hydrazine groups is 1. The van der Waals surface area contributed by atoms with Crippen molar-refractivity contribution in [2.24, 2.45) is 11.8 Å². The van der Waals surface area contributed by atoms with E-state index in [0.29, 0.717) is 18.5 Å². The average Bonchev–Trinajstić information content (AvgIpc) is 3.08. The Morgan fingerprint density at radius 2 is 1.85 bits per heavy atom. The molecule has 3 rings (SSSR count). The van der Waals surface area contributed by atoms with Crippen molar-refractivity contribution in [3.8, 4) is 0 Å². The fourth-order valence-electron chi connectivity index (χ4n) is 3.99. The highest BCUT2D eigenvalue weighted by atomic mass is 32.2. The molecule has 2 fully saturated rings. The minimum atomic E-state index is -3.74. The number of rotatable bonds is 7. The summed E-state index contributed by atoms with van der Waals surface area (Å²) in [7, 11) is -3.74. The molecule has 1 heterocycles. The smallest absolute Gasteiger partial charge is 0.241 e. The normalized spacial score (nSPS) is 26.6. The second-order valence-electron chi connectivity index (χ2n) is 7.85. The average molecular weight is 395 g/mol. The van der Waals surface area contributed by atoms with Crippen molar-refractivity contribution in [2.45, 2.75) is 62.6 Å². The van der Waals surface area contributed by atoms with Gasteiger partial charge in [0.1, 0.15) is 6.04 Å². The minimum Gasteiger partial charge on any atom is -0.353 e. The summed E-state index contributed by atoms with van der Waals surface area (Å²) < 4.78 is 27.7. The van der Waals surface area contributed by atoms with Crippen LogP contribution in [0.1, 0.15) is 39.5 Å². The first-order valence-corrected chi connectivity index (χ1v) is 11.2. The molecular weight excluding hydrogens is 364 g/mol. The Labute approximate surface area is 161 Å². The van der Waals surface area contributed by atoms with Crippen LogP contribution in [-0.4, -0.2) is 39.0 Å². The van der Waals surface area contributed by atoms with E-state index < -0.39 is 16.1 Å². The lowest BCUT2D eigenvalue weighted by Crippen LogP contribution is -2.52. The molecule has 1 aromatic carbocycles. The summed E-state index contributed by atoms with van der Waals surface area (Å²) >= 11 is 0. The van der Waals surface area contributed by atoms with Crippen LogP contribution in [0, 0.1) is 11.8 Å². The van der Waals surface area contributed by atoms with Gasteiger partial charge < -0.3 is 5.32 Å². The van der Waals surface area contributed by atoms with Gasteiger partial charge in [-0.1, -0.05) is 44.9 Å². The molecule has 1 aromatic rings. The highest BCUT2D eigenvalue weighted by Gasteiger charge is 2.37. The van der Waals surface area contributed by atoms with E-state index in [-0.39, 0.29) is 22.8 Å². The van der Waals surface area contributed by atoms with Crippen molar-refractivity contribution in [1.82, 2.24) is 20.9 Å². The van der Waals surface area contributed by atoms with Gasteiger partial charge in [-0.05, 0) is 36.8 Å². The molecule has 1 saturated heterocycles. The molecule has 0 spiro atoms. The number of fused-ring (bicyclic) bond motifs is 1. The minimum absolute atomic E-state index is 0.162. The number of hydrogen-bond acceptors (Lipinski definition) is 5. The molecular formula is C19H30N4O3S. The summed E-state index contributed by atoms with van der Waals surface area (Å²) in [5, 5.41) is 2.94. The van der Waals surface area contributed by atoms with Crippen LogP contribution < -0.4 is 20.9 Å². The van der Waals surface area contributed by atoms with Crippen LogP contribution in [0.3, 0.4) is 0 Å². The first-order chi connectivity index (χ1) is 12.9. The summed E-state index contributed by atoms with van der Waals surface area (Å²) in [6.07, 6.45) is 4.78. The summed E-state index contributed by atoms with van der Waals surface area (Å²) in [6, 6.07) is 7.97. The van der Waals surface area contributed by atoms with E-state index in [0.717, 1.165) is 12.8 Å². The summed E-state index contributed by atoms with van der Waals surface area (Å²) in [6.45, 7) is 4.16. The van der Waals surface area contributed by atoms with Crippen molar-refractivity contribution in [2.75, 3.05) is 6.54 Å². The third-order valence-electron chi connectivity index (χ3n) is 5.57. The Kier molecular flexibility index (Phi) is 6.52. The van der Waals surface area contributed by atoms with E-state index >= 15 is 0 Å². The SMILES string of the molecule is CC(C)C(NS(=O)(=O)c1ccccc1)C(=O)NCC1NNC2CCCCC21. The Bertz CT molecular complexity index is 739. The molecule has 4 atom stereocenters. The van der Waals surface area contributed by atoms with Crippen molar-refractivity contribution in [3.05, 3.63) is 30.3 Å². The van der Waals surface area contributed by atoms with Gasteiger partial charge in [-0.15, -0.1) is 0 Å². The summed E-state index contributed by atoms with van der Waals surface area (Å²) in [5.74, 6) is 0.0590. The molecule has 4 unspecified atom stereocenters. The topological polar surface area (TPSA) is 99.3 Å². The molecule has 8 heteroatoms. The van der Waals surface area contributed by atoms with Gasteiger partial charge in [0.25, 0.3) is 0 Å². The zero-order valence-corrected chi connectivity index (χ0v) is 16.8. The van der Waals surface area contributed by atoms with Crippen LogP contribution >= 0.6 is 0 Å². The molecule has 150 valence electrons. The van der Waals surface area contributed by atoms with Crippen LogP contribution in [0.25, 0.3) is 0 Å². The molecule has 0 aromatic heterocycles. The van der Waals surface area contributed by atoms with Gasteiger partial charge in [-0.2, -0.15) is 4.72 Å². The monoisotopic (exact) mass is 394 g/mol. The Morgan fingerprint density at radius 3 is 2.56 bits per heavy atom. The van der Waals surface area contributed by atoms with Crippen LogP contribution in [0.15, 0.2) is 35.2 Å². The number of amides is 1. The molecule has 2 aliphatic rings. The predicted octanol–water partition coefficient (Wildman–Crippen LogP) is 1.14. The van der Waals surface area contributed by atoms with Crippen LogP contribution in [0.2, 0.25) is 0 Å². The largest absolute Gasteiger partial charge is 0.353 e. The quantitative estimate of drug-likeness (QED) is 0.556. The number of hydrogen-bond donors (Lipinski definition) is 4. The van der Waals surface area contributed by atoms with Crippen molar-refractivity contribution < 1.29 is 13.2 Å². The standard InChI is InChI=1S/C19H30N4O3S/c1-13(2)18(23-27(25,26)14-8-4-3-5-9-14)19(24)20-12-17-15-10-6-7-11-16(15)21-22-17/h3-5,8-9,13,15-18,21-23H,6-7,10-12H2,1-2H3,(H,20,24). The predicted molar refractivity (Wildman–Crippen MR) is 104 cm³/mol. The lowest BCUT2D eigenvalue weighted by molar-refractivity contribution is -0.123. The zero-order valence-electron chi connectivity index (χ0n) is 15.9. The Hall–Kier alpha value is -1.48. The maximum atomic E-state index is 12.7. The molecule has 1 aliphatic heterocycles. The Balaban J connectivity index is 1.60. The Morgan fingerprint density at radius 1 is 1.15 bits per heavy atom. The van der Waals surface area contributed by atoms with E-state index in [2.05, 4.69) is 20.9 Å². The maximum Gasteiger partial charge on any atom is 0.241 e. The number of nitrogens with one attached hydrogen (secondary N) is 4. The first kappa shape index (κ1) is 20.3. The van der Waals surface area contributed by atoms with E-state index in [1.54, 1.807) is 18.2 Å². The molecule has 7 nitrogen and oxygen atoms in total. The highest BCUT2D eigenvalue weighted by molar-refractivity contribution is 7.89. The fourth-order valence-corrected chi connectivity index (χ4v) is 5.36. The van der Waals surface area contributed by atoms with E-state index in [9.17, 15) is 13.2 Å². The van der Waals surface area contributed by atoms with Gasteiger partial charge in [-0.25, -0.2) is 8.42 Å². The van der Waals surface area contributed by atoms with Crippen molar-refractivity contribution in [3.63, 3.8) is 0 Å². The second-order valence-corrected chi connectivity index (χ2v) is 9.57. The van der Waals surface area contributed by atoms with E-state index in [1.165, 1.54) is 25.0 Å². The number of carbonyl (C=O) groups is 1. The number of sulfonamides is 1. The van der Waals surface area contributed by atoms with Gasteiger partial charge in [-0.3, -0.25) is 15.6 Å².